The maximum absolute atomic E-state index is 11.4. The molecule has 1 atom stereocenters. The van der Waals surface area contributed by atoms with Gasteiger partial charge in [0.05, 0.1) is 11.8 Å². The maximum atomic E-state index is 11.4. The Morgan fingerprint density at radius 2 is 2.04 bits per heavy atom. The predicted molar refractivity (Wildman–Crippen MR) is 101 cm³/mol. The summed E-state index contributed by atoms with van der Waals surface area (Å²) in [6, 6.07) is 8.10. The highest BCUT2D eigenvalue weighted by atomic mass is 32.2. The van der Waals surface area contributed by atoms with Gasteiger partial charge in [-0.25, -0.2) is 23.1 Å². The van der Waals surface area contributed by atoms with Gasteiger partial charge in [0.25, 0.3) is 0 Å². The second-order valence-corrected chi connectivity index (χ2v) is 8.99. The highest BCUT2D eigenvalue weighted by molar-refractivity contribution is 7.88. The zero-order chi connectivity index (χ0) is 18.0. The lowest BCUT2D eigenvalue weighted by atomic mass is 9.98. The molecule has 1 aromatic carbocycles. The first-order chi connectivity index (χ1) is 11.8. The molecule has 6 nitrogen and oxygen atoms in total. The lowest BCUT2D eigenvalue weighted by molar-refractivity contribution is 0.410. The molecule has 2 heterocycles. The first kappa shape index (κ1) is 18.1. The van der Waals surface area contributed by atoms with Crippen LogP contribution in [0.4, 0.5) is 5.82 Å². The molecule has 1 fully saturated rings. The number of benzene rings is 1. The van der Waals surface area contributed by atoms with E-state index in [1.54, 1.807) is 0 Å². The van der Waals surface area contributed by atoms with E-state index in [0.717, 1.165) is 48.5 Å². The maximum Gasteiger partial charge on any atom is 0.208 e. The van der Waals surface area contributed by atoms with E-state index in [0.29, 0.717) is 12.5 Å². The van der Waals surface area contributed by atoms with Crippen molar-refractivity contribution in [3.05, 3.63) is 30.1 Å². The summed E-state index contributed by atoms with van der Waals surface area (Å²) in [4.78, 5) is 11.8. The largest absolute Gasteiger partial charge is 0.356 e. The van der Waals surface area contributed by atoms with Crippen LogP contribution < -0.4 is 9.62 Å². The minimum absolute atomic E-state index is 0.260. The number of para-hydroxylation sites is 1. The highest BCUT2D eigenvalue weighted by Gasteiger charge is 2.24. The van der Waals surface area contributed by atoms with Crippen LogP contribution in [0.25, 0.3) is 10.9 Å². The Hall–Kier alpha value is -1.73. The van der Waals surface area contributed by atoms with Crippen LogP contribution in [0.2, 0.25) is 0 Å². The third-order valence-corrected chi connectivity index (χ3v) is 5.26. The second kappa shape index (κ2) is 7.25. The number of aromatic nitrogens is 2. The summed E-state index contributed by atoms with van der Waals surface area (Å²) in [5, 5.41) is 1.06. The summed E-state index contributed by atoms with van der Waals surface area (Å²) in [5.41, 5.74) is 0.965. The molecule has 0 aliphatic carbocycles. The SMILES string of the molecule is CC(C)c1nc(N2CCCC(CNS(C)(=O)=O)C2)c2ccccc2n1. The molecule has 0 radical (unpaired) electrons. The van der Waals surface area contributed by atoms with Gasteiger partial charge in [-0.3, -0.25) is 0 Å². The van der Waals surface area contributed by atoms with Crippen molar-refractivity contribution in [2.45, 2.75) is 32.6 Å². The average Bonchev–Trinajstić information content (AvgIpc) is 2.58. The van der Waals surface area contributed by atoms with Gasteiger partial charge in [0.1, 0.15) is 11.6 Å². The first-order valence-corrected chi connectivity index (χ1v) is 10.7. The fourth-order valence-electron chi connectivity index (χ4n) is 3.27. The topological polar surface area (TPSA) is 75.2 Å². The Morgan fingerprint density at radius 3 is 2.76 bits per heavy atom. The lowest BCUT2D eigenvalue weighted by Crippen LogP contribution is -2.41. The Morgan fingerprint density at radius 1 is 1.28 bits per heavy atom. The lowest BCUT2D eigenvalue weighted by Gasteiger charge is -2.34. The Bertz CT molecular complexity index is 851. The van der Waals surface area contributed by atoms with Gasteiger partial charge in [-0.05, 0) is 30.9 Å². The van der Waals surface area contributed by atoms with E-state index in [2.05, 4.69) is 34.5 Å². The monoisotopic (exact) mass is 362 g/mol. The van der Waals surface area contributed by atoms with Crippen molar-refractivity contribution in [1.82, 2.24) is 14.7 Å². The van der Waals surface area contributed by atoms with Gasteiger partial charge >= 0.3 is 0 Å². The van der Waals surface area contributed by atoms with Crippen LogP contribution in [0.15, 0.2) is 24.3 Å². The smallest absolute Gasteiger partial charge is 0.208 e. The number of fused-ring (bicyclic) bond motifs is 1. The second-order valence-electron chi connectivity index (χ2n) is 7.15. The first-order valence-electron chi connectivity index (χ1n) is 8.80. The van der Waals surface area contributed by atoms with Gasteiger partial charge < -0.3 is 4.90 Å². The van der Waals surface area contributed by atoms with Crippen molar-refractivity contribution in [2.24, 2.45) is 5.92 Å². The molecule has 1 aliphatic heterocycles. The summed E-state index contributed by atoms with van der Waals surface area (Å²) in [6.45, 7) is 6.43. The third-order valence-electron chi connectivity index (χ3n) is 4.57. The summed E-state index contributed by atoms with van der Waals surface area (Å²) < 4.78 is 25.4. The van der Waals surface area contributed by atoms with Crippen LogP contribution in [0.3, 0.4) is 0 Å². The number of hydrogen-bond acceptors (Lipinski definition) is 5. The molecule has 7 heteroatoms. The molecule has 25 heavy (non-hydrogen) atoms. The summed E-state index contributed by atoms with van der Waals surface area (Å²) >= 11 is 0. The number of sulfonamides is 1. The van der Waals surface area contributed by atoms with Crippen molar-refractivity contribution >= 4 is 26.7 Å². The van der Waals surface area contributed by atoms with Crippen molar-refractivity contribution in [3.8, 4) is 0 Å². The fourth-order valence-corrected chi connectivity index (χ4v) is 3.81. The molecule has 1 unspecified atom stereocenters. The number of rotatable bonds is 5. The summed E-state index contributed by atoms with van der Waals surface area (Å²) in [6.07, 6.45) is 3.27. The van der Waals surface area contributed by atoms with Crippen LogP contribution in [0.1, 0.15) is 38.4 Å². The van der Waals surface area contributed by atoms with Crippen molar-refractivity contribution in [1.29, 1.82) is 0 Å². The molecule has 3 rings (SSSR count). The van der Waals surface area contributed by atoms with Gasteiger partial charge in [0.2, 0.25) is 10.0 Å². The van der Waals surface area contributed by atoms with E-state index in [-0.39, 0.29) is 5.92 Å². The Kier molecular flexibility index (Phi) is 5.24. The van der Waals surface area contributed by atoms with Crippen LogP contribution in [0, 0.1) is 5.92 Å². The highest BCUT2D eigenvalue weighted by Crippen LogP contribution is 2.29. The van der Waals surface area contributed by atoms with Crippen LogP contribution in [-0.4, -0.2) is 44.3 Å². The minimum atomic E-state index is -3.15. The molecule has 136 valence electrons. The zero-order valence-corrected chi connectivity index (χ0v) is 15.9. The van der Waals surface area contributed by atoms with E-state index >= 15 is 0 Å². The average molecular weight is 362 g/mol. The molecule has 0 spiro atoms. The van der Waals surface area contributed by atoms with E-state index in [9.17, 15) is 8.42 Å². The summed E-state index contributed by atoms with van der Waals surface area (Å²) in [5.74, 6) is 2.37. The standard InChI is InChI=1S/C18H26N4O2S/c1-13(2)17-20-16-9-5-4-8-15(16)18(21-17)22-10-6-7-14(12-22)11-19-25(3,23)24/h4-5,8-9,13-14,19H,6-7,10-12H2,1-3H3. The predicted octanol–water partition coefficient (Wildman–Crippen LogP) is 2.52. The molecule has 0 saturated carbocycles. The van der Waals surface area contributed by atoms with E-state index < -0.39 is 10.0 Å². The van der Waals surface area contributed by atoms with Crippen molar-refractivity contribution < 1.29 is 8.42 Å². The molecule has 1 N–H and O–H groups in total. The quantitative estimate of drug-likeness (QED) is 0.884. The number of anilines is 1. The molecule has 1 aromatic heterocycles. The molecule has 1 saturated heterocycles. The van der Waals surface area contributed by atoms with Gasteiger partial charge in [0, 0.05) is 30.9 Å². The van der Waals surface area contributed by atoms with E-state index in [1.165, 1.54) is 6.26 Å². The van der Waals surface area contributed by atoms with Gasteiger partial charge in [-0.1, -0.05) is 26.0 Å². The fraction of sp³-hybridized carbons (Fsp3) is 0.556. The van der Waals surface area contributed by atoms with E-state index in [1.807, 2.05) is 18.2 Å². The molecular weight excluding hydrogens is 336 g/mol. The number of nitrogens with one attached hydrogen (secondary N) is 1. The molecule has 2 aromatic rings. The van der Waals surface area contributed by atoms with Crippen LogP contribution in [-0.2, 0) is 10.0 Å². The van der Waals surface area contributed by atoms with Crippen LogP contribution in [0.5, 0.6) is 0 Å². The Labute approximate surface area is 149 Å². The van der Waals surface area contributed by atoms with Gasteiger partial charge in [0.15, 0.2) is 0 Å². The Balaban J connectivity index is 1.89. The van der Waals surface area contributed by atoms with Gasteiger partial charge in [-0.15, -0.1) is 0 Å². The molecule has 1 aliphatic rings. The molecular formula is C18H26N4O2S. The summed E-state index contributed by atoms with van der Waals surface area (Å²) in [7, 11) is -3.15. The van der Waals surface area contributed by atoms with Crippen molar-refractivity contribution in [2.75, 3.05) is 30.8 Å². The van der Waals surface area contributed by atoms with Gasteiger partial charge in [-0.2, -0.15) is 0 Å². The van der Waals surface area contributed by atoms with Crippen LogP contribution >= 0.6 is 0 Å². The van der Waals surface area contributed by atoms with Crippen molar-refractivity contribution in [3.63, 3.8) is 0 Å². The normalized spacial score (nSPS) is 18.9. The molecule has 0 bridgehead atoms. The number of piperidine rings is 1. The zero-order valence-electron chi connectivity index (χ0n) is 15.1. The third kappa shape index (κ3) is 4.46. The molecule has 0 amide bonds. The number of hydrogen-bond donors (Lipinski definition) is 1. The number of nitrogens with zero attached hydrogens (tertiary/aromatic N) is 3. The van der Waals surface area contributed by atoms with E-state index in [4.69, 9.17) is 4.98 Å². The minimum Gasteiger partial charge on any atom is -0.356 e.